The molecule has 5 N–H and O–H groups in total. The van der Waals surface area contributed by atoms with Crippen molar-refractivity contribution in [2.75, 3.05) is 6.54 Å². The van der Waals surface area contributed by atoms with E-state index in [1.54, 1.807) is 6.07 Å². The molecule has 9 heteroatoms. The number of rotatable bonds is 6. The van der Waals surface area contributed by atoms with Crippen molar-refractivity contribution in [1.82, 2.24) is 0 Å². The molecule has 0 amide bonds. The third-order valence-electron chi connectivity index (χ3n) is 2.88. The Labute approximate surface area is 167 Å². The number of nitrogens with zero attached hydrogens (tertiary/aromatic N) is 3. The second-order valence-electron chi connectivity index (χ2n) is 4.63. The van der Waals surface area contributed by atoms with E-state index in [1.807, 2.05) is 29.5 Å². The summed E-state index contributed by atoms with van der Waals surface area (Å²) in [6.45, 7) is 2.30. The molecule has 0 aliphatic rings. The van der Waals surface area contributed by atoms with Gasteiger partial charge in [-0.15, -0.1) is 0 Å². The first-order valence-corrected chi connectivity index (χ1v) is 8.92. The van der Waals surface area contributed by atoms with Gasteiger partial charge in [0.25, 0.3) is 0 Å². The van der Waals surface area contributed by atoms with Crippen molar-refractivity contribution < 1.29 is 9.50 Å². The maximum atomic E-state index is 13.3. The molecule has 6 nitrogen and oxygen atoms in total. The largest absolute Gasteiger partial charge is 0.404 e. The molecule has 0 spiro atoms. The number of allylic oxidation sites excluding steroid dienone is 1. The van der Waals surface area contributed by atoms with E-state index in [9.17, 15) is 9.50 Å². The molecular formula is C16H16BrFIN5O. The first-order valence-electron chi connectivity index (χ1n) is 7.05. The fourth-order valence-corrected chi connectivity index (χ4v) is 2.93. The fourth-order valence-electron chi connectivity index (χ4n) is 1.74. The average molecular weight is 520 g/mol. The number of hydrogen-bond donors (Lipinski definition) is 3. The molecule has 0 saturated carbocycles. The Bertz CT molecular complexity index is 798. The van der Waals surface area contributed by atoms with Crippen LogP contribution in [0.15, 0.2) is 51.7 Å². The lowest BCUT2D eigenvalue weighted by atomic mass is 10.1. The number of halogens is 3. The summed E-state index contributed by atoms with van der Waals surface area (Å²) in [7, 11) is 0. The smallest absolute Gasteiger partial charge is 0.125 e. The van der Waals surface area contributed by atoms with Crippen molar-refractivity contribution in [3.63, 3.8) is 0 Å². The van der Waals surface area contributed by atoms with Crippen LogP contribution in [0.3, 0.4) is 0 Å². The first kappa shape index (κ1) is 21.3. The Kier molecular flexibility index (Phi) is 8.74. The zero-order valence-electron chi connectivity index (χ0n) is 13.2. The third kappa shape index (κ3) is 6.22. The van der Waals surface area contributed by atoms with Gasteiger partial charge < -0.3 is 16.6 Å². The van der Waals surface area contributed by atoms with E-state index >= 15 is 0 Å². The minimum Gasteiger partial charge on any atom is -0.404 e. The molecule has 0 aliphatic carbocycles. The molecule has 0 bridgehead atoms. The van der Waals surface area contributed by atoms with Gasteiger partial charge in [-0.2, -0.15) is 5.26 Å². The van der Waals surface area contributed by atoms with Gasteiger partial charge >= 0.3 is 0 Å². The van der Waals surface area contributed by atoms with E-state index in [1.165, 1.54) is 30.5 Å². The summed E-state index contributed by atoms with van der Waals surface area (Å²) in [6, 6.07) is 5.77. The van der Waals surface area contributed by atoms with Crippen molar-refractivity contribution in [1.29, 1.82) is 5.26 Å². The van der Waals surface area contributed by atoms with E-state index in [2.05, 4.69) is 25.9 Å². The minimum atomic E-state index is -1.29. The molecule has 25 heavy (non-hydrogen) atoms. The quantitative estimate of drug-likeness (QED) is 0.304. The predicted octanol–water partition coefficient (Wildman–Crippen LogP) is 2.89. The van der Waals surface area contributed by atoms with Crippen LogP contribution in [-0.2, 0) is 0 Å². The van der Waals surface area contributed by atoms with E-state index in [0.29, 0.717) is 20.4 Å². The second kappa shape index (κ2) is 10.3. The van der Waals surface area contributed by atoms with E-state index in [-0.39, 0.29) is 17.0 Å². The Morgan fingerprint density at radius 2 is 2.24 bits per heavy atom. The number of aliphatic imine (C=N–C) groups is 2. The van der Waals surface area contributed by atoms with Gasteiger partial charge in [0.1, 0.15) is 28.3 Å². The summed E-state index contributed by atoms with van der Waals surface area (Å²) in [4.78, 5) is 8.45. The van der Waals surface area contributed by atoms with Crippen LogP contribution in [-0.4, -0.2) is 28.1 Å². The second-order valence-corrected chi connectivity index (χ2v) is 6.55. The van der Waals surface area contributed by atoms with Gasteiger partial charge in [-0.25, -0.2) is 9.38 Å². The predicted molar refractivity (Wildman–Crippen MR) is 109 cm³/mol. The Hall–Kier alpha value is -1.77. The SMILES string of the molecule is CCN=C(Br)C(=CN)C(O)C(C=C(N)C#N)=Nc1ccc(F)cc1I. The van der Waals surface area contributed by atoms with Crippen LogP contribution in [0.1, 0.15) is 6.92 Å². The average Bonchev–Trinajstić information content (AvgIpc) is 2.57. The standard InChI is InChI=1S/C16H16BrFIN5O/c1-2-23-16(17)11(8-21)15(25)14(6-10(22)7-20)24-13-4-3-9(18)5-12(13)19/h3-6,8,15,25H,2,21-22H2,1H3. The van der Waals surface area contributed by atoms with Crippen LogP contribution in [0.2, 0.25) is 0 Å². The fraction of sp³-hybridized carbons (Fsp3) is 0.188. The lowest BCUT2D eigenvalue weighted by Crippen LogP contribution is -2.26. The van der Waals surface area contributed by atoms with E-state index in [4.69, 9.17) is 16.7 Å². The molecule has 1 aromatic rings. The molecule has 1 aromatic carbocycles. The summed E-state index contributed by atoms with van der Waals surface area (Å²) in [5.41, 5.74) is 11.8. The Balaban J connectivity index is 3.46. The highest BCUT2D eigenvalue weighted by atomic mass is 127. The topological polar surface area (TPSA) is 121 Å². The van der Waals surface area contributed by atoms with Crippen molar-refractivity contribution >= 4 is 54.5 Å². The maximum Gasteiger partial charge on any atom is 0.125 e. The summed E-state index contributed by atoms with van der Waals surface area (Å²) in [5, 5.41) is 19.5. The zero-order valence-corrected chi connectivity index (χ0v) is 17.0. The molecule has 0 aromatic heterocycles. The molecule has 1 unspecified atom stereocenters. The number of nitriles is 1. The van der Waals surface area contributed by atoms with Gasteiger partial charge in [0.2, 0.25) is 0 Å². The highest BCUT2D eigenvalue weighted by Gasteiger charge is 2.20. The molecule has 0 aliphatic heterocycles. The van der Waals surface area contributed by atoms with E-state index < -0.39 is 11.9 Å². The first-order chi connectivity index (χ1) is 11.8. The highest BCUT2D eigenvalue weighted by molar-refractivity contribution is 14.1. The van der Waals surface area contributed by atoms with Crippen LogP contribution in [0, 0.1) is 20.7 Å². The summed E-state index contributed by atoms with van der Waals surface area (Å²) in [6.07, 6.45) is 1.14. The Morgan fingerprint density at radius 3 is 2.76 bits per heavy atom. The van der Waals surface area contributed by atoms with Crippen molar-refractivity contribution in [2.24, 2.45) is 21.5 Å². The maximum absolute atomic E-state index is 13.3. The Morgan fingerprint density at radius 1 is 1.56 bits per heavy atom. The van der Waals surface area contributed by atoms with Crippen molar-refractivity contribution in [2.45, 2.75) is 13.0 Å². The van der Waals surface area contributed by atoms with Crippen LogP contribution in [0.25, 0.3) is 0 Å². The monoisotopic (exact) mass is 519 g/mol. The lowest BCUT2D eigenvalue weighted by Gasteiger charge is -2.15. The summed E-state index contributed by atoms with van der Waals surface area (Å²) in [5.74, 6) is -0.405. The lowest BCUT2D eigenvalue weighted by molar-refractivity contribution is 0.284. The molecule has 1 atom stereocenters. The molecule has 0 heterocycles. The van der Waals surface area contributed by atoms with E-state index in [0.717, 1.165) is 0 Å². The van der Waals surface area contributed by atoms with Crippen LogP contribution >= 0.6 is 38.5 Å². The van der Waals surface area contributed by atoms with Crippen LogP contribution in [0.4, 0.5) is 10.1 Å². The number of aliphatic hydroxyl groups is 1. The van der Waals surface area contributed by atoms with Crippen LogP contribution < -0.4 is 11.5 Å². The van der Waals surface area contributed by atoms with Gasteiger partial charge in [0.15, 0.2) is 0 Å². The van der Waals surface area contributed by atoms with Gasteiger partial charge in [-0.05, 0) is 69.7 Å². The third-order valence-corrected chi connectivity index (χ3v) is 4.45. The van der Waals surface area contributed by atoms with Crippen molar-refractivity contribution in [3.05, 3.63) is 51.1 Å². The summed E-state index contributed by atoms with van der Waals surface area (Å²) < 4.78 is 14.1. The number of aliphatic hydroxyl groups excluding tert-OH is 1. The number of nitrogens with two attached hydrogens (primary N) is 2. The highest BCUT2D eigenvalue weighted by Crippen LogP contribution is 2.24. The van der Waals surface area contributed by atoms with Gasteiger partial charge in [-0.3, -0.25) is 4.99 Å². The molecule has 0 saturated heterocycles. The molecule has 0 radical (unpaired) electrons. The minimum absolute atomic E-state index is 0.0727. The van der Waals surface area contributed by atoms with Gasteiger partial charge in [0, 0.05) is 21.9 Å². The normalized spacial score (nSPS) is 15.0. The molecule has 1 rings (SSSR count). The molecule has 132 valence electrons. The number of hydrogen-bond acceptors (Lipinski definition) is 6. The molecular weight excluding hydrogens is 504 g/mol. The summed E-state index contributed by atoms with van der Waals surface area (Å²) >= 11 is 5.17. The van der Waals surface area contributed by atoms with Gasteiger partial charge in [0.05, 0.1) is 11.4 Å². The molecule has 0 fully saturated rings. The van der Waals surface area contributed by atoms with Crippen molar-refractivity contribution in [3.8, 4) is 6.07 Å². The van der Waals surface area contributed by atoms with Crippen LogP contribution in [0.5, 0.6) is 0 Å². The van der Waals surface area contributed by atoms with Gasteiger partial charge in [-0.1, -0.05) is 0 Å². The zero-order chi connectivity index (χ0) is 19.0. The number of benzene rings is 1.